The average molecular weight is 354 g/mol. The second-order valence-electron chi connectivity index (χ2n) is 5.31. The first-order valence-electron chi connectivity index (χ1n) is 7.61. The highest BCUT2D eigenvalue weighted by Gasteiger charge is 2.29. The Balaban J connectivity index is 1.64. The molecule has 0 aliphatic carbocycles. The molecule has 5 nitrogen and oxygen atoms in total. The summed E-state index contributed by atoms with van der Waals surface area (Å²) in [5.41, 5.74) is -0.151. The molecule has 1 aromatic carbocycles. The molecule has 1 aromatic heterocycles. The first-order valence-corrected chi connectivity index (χ1v) is 7.61. The number of hydrogen-bond donors (Lipinski definition) is 2. The number of alkyl halides is 3. The predicted octanol–water partition coefficient (Wildman–Crippen LogP) is 3.12. The van der Waals surface area contributed by atoms with Crippen molar-refractivity contribution in [3.05, 3.63) is 59.5 Å². The number of rotatable bonds is 7. The van der Waals surface area contributed by atoms with Crippen molar-refractivity contribution in [1.29, 1.82) is 0 Å². The zero-order chi connectivity index (χ0) is 18.3. The lowest BCUT2D eigenvalue weighted by molar-refractivity contribution is -0.137. The van der Waals surface area contributed by atoms with Crippen LogP contribution in [-0.4, -0.2) is 18.4 Å². The third-order valence-corrected chi connectivity index (χ3v) is 3.38. The topological polar surface area (TPSA) is 71.3 Å². The SMILES string of the molecule is O=C(CCCNC(=O)c1ccco1)NCc1ccc(C(F)(F)F)cc1. The number of carbonyl (C=O) groups excluding carboxylic acids is 2. The Morgan fingerprint density at radius 2 is 1.76 bits per heavy atom. The lowest BCUT2D eigenvalue weighted by Crippen LogP contribution is -2.27. The van der Waals surface area contributed by atoms with Crippen LogP contribution in [0.2, 0.25) is 0 Å². The molecular formula is C17H17F3N2O3. The molecule has 0 bridgehead atoms. The molecule has 0 spiro atoms. The zero-order valence-corrected chi connectivity index (χ0v) is 13.2. The van der Waals surface area contributed by atoms with Crippen LogP contribution < -0.4 is 10.6 Å². The molecule has 0 fully saturated rings. The van der Waals surface area contributed by atoms with Gasteiger partial charge in [-0.3, -0.25) is 9.59 Å². The fourth-order valence-corrected chi connectivity index (χ4v) is 2.05. The van der Waals surface area contributed by atoms with E-state index in [1.54, 1.807) is 6.07 Å². The highest BCUT2D eigenvalue weighted by molar-refractivity contribution is 5.91. The molecule has 0 aliphatic heterocycles. The van der Waals surface area contributed by atoms with Gasteiger partial charge in [-0.15, -0.1) is 0 Å². The van der Waals surface area contributed by atoms with Crippen molar-refractivity contribution in [2.24, 2.45) is 0 Å². The monoisotopic (exact) mass is 354 g/mol. The van der Waals surface area contributed by atoms with Gasteiger partial charge in [0.2, 0.25) is 5.91 Å². The molecule has 2 rings (SSSR count). The fourth-order valence-electron chi connectivity index (χ4n) is 2.05. The minimum absolute atomic E-state index is 0.149. The summed E-state index contributed by atoms with van der Waals surface area (Å²) in [5, 5.41) is 5.24. The van der Waals surface area contributed by atoms with Crippen LogP contribution in [-0.2, 0) is 17.5 Å². The van der Waals surface area contributed by atoms with E-state index in [-0.39, 0.29) is 30.5 Å². The van der Waals surface area contributed by atoms with Crippen molar-refractivity contribution in [2.45, 2.75) is 25.6 Å². The van der Waals surface area contributed by atoms with Crippen molar-refractivity contribution in [2.75, 3.05) is 6.54 Å². The maximum Gasteiger partial charge on any atom is 0.416 e. The van der Waals surface area contributed by atoms with E-state index in [0.29, 0.717) is 18.5 Å². The molecule has 0 aliphatic rings. The van der Waals surface area contributed by atoms with Gasteiger partial charge in [0.25, 0.3) is 5.91 Å². The van der Waals surface area contributed by atoms with Gasteiger partial charge in [0.1, 0.15) is 0 Å². The second-order valence-corrected chi connectivity index (χ2v) is 5.31. The van der Waals surface area contributed by atoms with Crippen molar-refractivity contribution in [3.63, 3.8) is 0 Å². The van der Waals surface area contributed by atoms with Crippen LogP contribution in [0.15, 0.2) is 47.1 Å². The summed E-state index contributed by atoms with van der Waals surface area (Å²) < 4.78 is 42.3. The van der Waals surface area contributed by atoms with Gasteiger partial charge >= 0.3 is 6.18 Å². The normalized spacial score (nSPS) is 11.2. The van der Waals surface area contributed by atoms with Gasteiger partial charge < -0.3 is 15.1 Å². The van der Waals surface area contributed by atoms with E-state index < -0.39 is 11.7 Å². The summed E-state index contributed by atoms with van der Waals surface area (Å²) in [6.45, 7) is 0.461. The lowest BCUT2D eigenvalue weighted by atomic mass is 10.1. The van der Waals surface area contributed by atoms with Crippen molar-refractivity contribution < 1.29 is 27.2 Å². The number of amides is 2. The predicted molar refractivity (Wildman–Crippen MR) is 83.6 cm³/mol. The van der Waals surface area contributed by atoms with Crippen LogP contribution in [0.3, 0.4) is 0 Å². The Hall–Kier alpha value is -2.77. The number of hydrogen-bond acceptors (Lipinski definition) is 3. The smallest absolute Gasteiger partial charge is 0.416 e. The van der Waals surface area contributed by atoms with Crippen LogP contribution in [0, 0.1) is 0 Å². The van der Waals surface area contributed by atoms with E-state index in [0.717, 1.165) is 12.1 Å². The van der Waals surface area contributed by atoms with E-state index >= 15 is 0 Å². The first kappa shape index (κ1) is 18.6. The molecule has 2 amide bonds. The summed E-state index contributed by atoms with van der Waals surface area (Å²) in [4.78, 5) is 23.3. The Morgan fingerprint density at radius 1 is 1.04 bits per heavy atom. The fraction of sp³-hybridized carbons (Fsp3) is 0.294. The highest BCUT2D eigenvalue weighted by atomic mass is 19.4. The molecule has 0 unspecified atom stereocenters. The third kappa shape index (κ3) is 5.98. The maximum absolute atomic E-state index is 12.4. The standard InChI is InChI=1S/C17H17F3N2O3/c18-17(19,20)13-7-5-12(6-8-13)11-22-15(23)4-1-9-21-16(24)14-3-2-10-25-14/h2-3,5-8,10H,1,4,9,11H2,(H,21,24)(H,22,23). The molecule has 0 atom stereocenters. The molecule has 0 radical (unpaired) electrons. The molecular weight excluding hydrogens is 337 g/mol. The summed E-state index contributed by atoms with van der Waals surface area (Å²) in [7, 11) is 0. The van der Waals surface area contributed by atoms with E-state index in [4.69, 9.17) is 4.42 Å². The first-order chi connectivity index (χ1) is 11.9. The summed E-state index contributed by atoms with van der Waals surface area (Å²) in [5.74, 6) is -0.394. The van der Waals surface area contributed by atoms with Gasteiger partial charge in [-0.25, -0.2) is 0 Å². The number of halogens is 3. The van der Waals surface area contributed by atoms with E-state index in [1.807, 2.05) is 0 Å². The zero-order valence-electron chi connectivity index (χ0n) is 13.2. The minimum Gasteiger partial charge on any atom is -0.459 e. The quantitative estimate of drug-likeness (QED) is 0.751. The highest BCUT2D eigenvalue weighted by Crippen LogP contribution is 2.29. The summed E-state index contributed by atoms with van der Waals surface area (Å²) in [6, 6.07) is 7.74. The Morgan fingerprint density at radius 3 is 2.36 bits per heavy atom. The Labute approximate surface area is 142 Å². The van der Waals surface area contributed by atoms with E-state index in [1.165, 1.54) is 24.5 Å². The second kappa shape index (κ2) is 8.36. The number of nitrogens with one attached hydrogen (secondary N) is 2. The average Bonchev–Trinajstić information content (AvgIpc) is 3.11. The molecule has 1 heterocycles. The molecule has 0 saturated heterocycles. The maximum atomic E-state index is 12.4. The van der Waals surface area contributed by atoms with E-state index in [9.17, 15) is 22.8 Å². The van der Waals surface area contributed by atoms with Crippen LogP contribution in [0.4, 0.5) is 13.2 Å². The number of carbonyl (C=O) groups is 2. The molecule has 2 N–H and O–H groups in total. The van der Waals surface area contributed by atoms with Gasteiger partial charge in [-0.2, -0.15) is 13.2 Å². The number of furan rings is 1. The van der Waals surface area contributed by atoms with Crippen LogP contribution in [0.5, 0.6) is 0 Å². The van der Waals surface area contributed by atoms with Gasteiger partial charge in [-0.1, -0.05) is 12.1 Å². The molecule has 25 heavy (non-hydrogen) atoms. The van der Waals surface area contributed by atoms with Crippen LogP contribution in [0.1, 0.15) is 34.5 Å². The Kier molecular flexibility index (Phi) is 6.21. The molecule has 2 aromatic rings. The molecule has 0 saturated carbocycles. The van der Waals surface area contributed by atoms with Gasteiger partial charge in [-0.05, 0) is 36.2 Å². The van der Waals surface area contributed by atoms with Crippen LogP contribution in [0.25, 0.3) is 0 Å². The minimum atomic E-state index is -4.37. The molecule has 134 valence electrons. The van der Waals surface area contributed by atoms with Gasteiger partial charge in [0, 0.05) is 19.5 Å². The van der Waals surface area contributed by atoms with Crippen LogP contribution >= 0.6 is 0 Å². The van der Waals surface area contributed by atoms with Crippen molar-refractivity contribution >= 4 is 11.8 Å². The summed E-state index contributed by atoms with van der Waals surface area (Å²) in [6.07, 6.45) is -2.35. The Bertz CT molecular complexity index is 695. The van der Waals surface area contributed by atoms with Crippen molar-refractivity contribution in [3.8, 4) is 0 Å². The summed E-state index contributed by atoms with van der Waals surface area (Å²) >= 11 is 0. The lowest BCUT2D eigenvalue weighted by Gasteiger charge is -2.09. The van der Waals surface area contributed by atoms with Gasteiger partial charge in [0.05, 0.1) is 11.8 Å². The van der Waals surface area contributed by atoms with Crippen molar-refractivity contribution in [1.82, 2.24) is 10.6 Å². The third-order valence-electron chi connectivity index (χ3n) is 3.38. The van der Waals surface area contributed by atoms with Gasteiger partial charge in [0.15, 0.2) is 5.76 Å². The largest absolute Gasteiger partial charge is 0.459 e. The van der Waals surface area contributed by atoms with E-state index in [2.05, 4.69) is 10.6 Å². The molecule has 8 heteroatoms. The number of benzene rings is 1.